The van der Waals surface area contributed by atoms with Gasteiger partial charge in [-0.25, -0.2) is 9.13 Å². The standard InChI is InChI=1S/C87H150O17P2/c1-5-9-13-17-21-25-29-33-36-38-40-42-45-49-52-56-60-64-68-72-85(90)98-78-83(104-87(92)74-70-66-62-58-54-50-46-43-41-39-37-34-30-26-22-18-14-10-6-2)80-102-106(95,96)100-76-81(88)75-99-105(93,94)101-79-82(103-86(91)73-69-65-61-57-53-47-32-28-24-20-16-12-8-4)77-97-84(89)71-67-63-59-55-51-48-44-35-31-27-23-19-15-11-7-3/h9,13,21-22,25-26,33-34,36-37,40-43,49-50,52,54,62,66,81-83,88H,5-8,10-12,14-20,23-24,27-32,35,38-39,44-48,51,53,55-61,63-65,67-80H2,1-4H3,(H,93,94)(H,95,96)/b13-9-,25-21-,26-22-,36-33-,37-34-,42-40-,43-41-,52-49-,54-50-,66-62-/t81-,82+,83+/m0/s1. The first-order valence-electron chi connectivity index (χ1n) is 41.8. The molecule has 0 saturated heterocycles. The topological polar surface area (TPSA) is 237 Å². The summed E-state index contributed by atoms with van der Waals surface area (Å²) in [6.07, 6.45) is 87.5. The molecule has 0 heterocycles. The van der Waals surface area contributed by atoms with Gasteiger partial charge in [-0.05, 0) is 109 Å². The zero-order valence-corrected chi connectivity index (χ0v) is 68.6. The highest BCUT2D eigenvalue weighted by molar-refractivity contribution is 7.47. The van der Waals surface area contributed by atoms with Crippen LogP contribution in [0.1, 0.15) is 349 Å². The van der Waals surface area contributed by atoms with Crippen molar-refractivity contribution in [2.75, 3.05) is 39.6 Å². The van der Waals surface area contributed by atoms with Gasteiger partial charge in [0.25, 0.3) is 0 Å². The van der Waals surface area contributed by atoms with Crippen molar-refractivity contribution in [3.8, 4) is 0 Å². The van der Waals surface area contributed by atoms with Crippen LogP contribution in [0.4, 0.5) is 0 Å². The molecule has 0 rings (SSSR count). The maximum Gasteiger partial charge on any atom is 0.472 e. The lowest BCUT2D eigenvalue weighted by molar-refractivity contribution is -0.161. The monoisotopic (exact) mass is 1530 g/mol. The van der Waals surface area contributed by atoms with Crippen LogP contribution >= 0.6 is 15.6 Å². The van der Waals surface area contributed by atoms with Gasteiger partial charge >= 0.3 is 39.5 Å². The molecular formula is C87H150O17P2. The Balaban J connectivity index is 5.45. The second-order valence-electron chi connectivity index (χ2n) is 27.7. The Labute approximate surface area is 644 Å². The SMILES string of the molecule is CC/C=C\C/C=C\C/C=C\C/C=C\C/C=C\CCCCCC(=O)OC[C@H](COP(=O)(O)OC[C@@H](O)COP(=O)(O)OC[C@@H](COC(=O)CCCCCCCCCCCCCCCCC)OC(=O)CCCCCCCCCCCCCCC)OC(=O)CC/C=C\C/C=C\C/C=C\C/C=C\C/C=C\CCCCC. The Kier molecular flexibility index (Phi) is 75.2. The van der Waals surface area contributed by atoms with E-state index >= 15 is 0 Å². The number of carbonyl (C=O) groups is 4. The normalized spacial score (nSPS) is 14.4. The number of carbonyl (C=O) groups excluding carboxylic acids is 4. The number of allylic oxidation sites excluding steroid dienone is 20. The second kappa shape index (κ2) is 78.6. The number of phosphoric ester groups is 2. The van der Waals surface area contributed by atoms with E-state index in [0.29, 0.717) is 32.1 Å². The molecule has 0 saturated carbocycles. The first kappa shape index (κ1) is 101. The number of esters is 4. The molecule has 5 atom stereocenters. The van der Waals surface area contributed by atoms with Crippen LogP contribution in [0.25, 0.3) is 0 Å². The molecule has 2 unspecified atom stereocenters. The number of ether oxygens (including phenoxy) is 4. The molecule has 0 aliphatic heterocycles. The van der Waals surface area contributed by atoms with Crippen LogP contribution in [0.2, 0.25) is 0 Å². The highest BCUT2D eigenvalue weighted by Gasteiger charge is 2.30. The van der Waals surface area contributed by atoms with Crippen molar-refractivity contribution < 1.29 is 80.2 Å². The molecule has 0 aromatic carbocycles. The van der Waals surface area contributed by atoms with Gasteiger partial charge in [-0.15, -0.1) is 0 Å². The average Bonchev–Trinajstić information content (AvgIpc) is 0.903. The number of aliphatic hydroxyl groups excluding tert-OH is 1. The van der Waals surface area contributed by atoms with E-state index < -0.39 is 97.5 Å². The quantitative estimate of drug-likeness (QED) is 0.0169. The van der Waals surface area contributed by atoms with Crippen LogP contribution < -0.4 is 0 Å². The molecule has 0 spiro atoms. The molecular weight excluding hydrogens is 1380 g/mol. The van der Waals surface area contributed by atoms with E-state index in [4.69, 9.17) is 37.0 Å². The lowest BCUT2D eigenvalue weighted by Crippen LogP contribution is -2.30. The minimum absolute atomic E-state index is 0.0379. The van der Waals surface area contributed by atoms with Gasteiger partial charge in [0.05, 0.1) is 26.4 Å². The molecule has 0 aliphatic carbocycles. The molecule has 17 nitrogen and oxygen atoms in total. The summed E-state index contributed by atoms with van der Waals surface area (Å²) in [5, 5.41) is 10.7. The summed E-state index contributed by atoms with van der Waals surface area (Å²) in [6, 6.07) is 0. The third-order valence-electron chi connectivity index (χ3n) is 17.5. The van der Waals surface area contributed by atoms with Gasteiger partial charge in [-0.2, -0.15) is 0 Å². The number of hydrogen-bond donors (Lipinski definition) is 3. The Morgan fingerprint density at radius 3 is 0.830 bits per heavy atom. The van der Waals surface area contributed by atoms with Gasteiger partial charge in [0.2, 0.25) is 0 Å². The summed E-state index contributed by atoms with van der Waals surface area (Å²) < 4.78 is 68.6. The Morgan fingerprint density at radius 2 is 0.509 bits per heavy atom. The molecule has 610 valence electrons. The summed E-state index contributed by atoms with van der Waals surface area (Å²) in [5.41, 5.74) is 0. The molecule has 0 aromatic rings. The number of hydrogen-bond acceptors (Lipinski definition) is 15. The molecule has 0 aliphatic rings. The smallest absolute Gasteiger partial charge is 0.462 e. The number of phosphoric acid groups is 2. The third kappa shape index (κ3) is 77.6. The van der Waals surface area contributed by atoms with Crippen LogP contribution in [0, 0.1) is 0 Å². The number of unbranched alkanes of at least 4 members (excludes halogenated alkanes) is 32. The minimum Gasteiger partial charge on any atom is -0.462 e. The van der Waals surface area contributed by atoms with E-state index in [1.54, 1.807) is 0 Å². The lowest BCUT2D eigenvalue weighted by Gasteiger charge is -2.21. The van der Waals surface area contributed by atoms with E-state index in [1.165, 1.54) is 141 Å². The zero-order chi connectivity index (χ0) is 77.4. The number of rotatable bonds is 78. The average molecular weight is 1530 g/mol. The van der Waals surface area contributed by atoms with E-state index in [0.717, 1.165) is 122 Å². The predicted octanol–water partition coefficient (Wildman–Crippen LogP) is 24.7. The zero-order valence-electron chi connectivity index (χ0n) is 66.8. The van der Waals surface area contributed by atoms with Gasteiger partial charge in [0.15, 0.2) is 12.2 Å². The molecule has 0 bridgehead atoms. The second-order valence-corrected chi connectivity index (χ2v) is 30.6. The van der Waals surface area contributed by atoms with Gasteiger partial charge in [0, 0.05) is 25.7 Å². The summed E-state index contributed by atoms with van der Waals surface area (Å²) in [7, 11) is -9.99. The van der Waals surface area contributed by atoms with Gasteiger partial charge in [-0.1, -0.05) is 335 Å². The molecule has 0 radical (unpaired) electrons. The van der Waals surface area contributed by atoms with Crippen molar-refractivity contribution >= 4 is 39.5 Å². The van der Waals surface area contributed by atoms with Crippen molar-refractivity contribution in [2.45, 2.75) is 367 Å². The van der Waals surface area contributed by atoms with Crippen LogP contribution in [-0.4, -0.2) is 96.7 Å². The fourth-order valence-corrected chi connectivity index (χ4v) is 12.7. The first-order chi connectivity index (χ1) is 51.7. The van der Waals surface area contributed by atoms with Crippen molar-refractivity contribution in [3.63, 3.8) is 0 Å². The largest absolute Gasteiger partial charge is 0.472 e. The Bertz CT molecular complexity index is 2480. The van der Waals surface area contributed by atoms with E-state index in [-0.39, 0.29) is 25.7 Å². The van der Waals surface area contributed by atoms with E-state index in [2.05, 4.69) is 131 Å². The highest BCUT2D eigenvalue weighted by atomic mass is 31.2. The first-order valence-corrected chi connectivity index (χ1v) is 44.8. The summed E-state index contributed by atoms with van der Waals surface area (Å²) in [5.74, 6) is -2.29. The molecule has 0 amide bonds. The summed E-state index contributed by atoms with van der Waals surface area (Å²) in [6.45, 7) is 4.66. The van der Waals surface area contributed by atoms with Crippen LogP contribution in [0.3, 0.4) is 0 Å². The fraction of sp³-hybridized carbons (Fsp3) is 0.724. The molecule has 19 heteroatoms. The van der Waals surface area contributed by atoms with Crippen molar-refractivity contribution in [1.82, 2.24) is 0 Å². The molecule has 0 aromatic heterocycles. The highest BCUT2D eigenvalue weighted by Crippen LogP contribution is 2.45. The van der Waals surface area contributed by atoms with E-state index in [9.17, 15) is 43.2 Å². The van der Waals surface area contributed by atoms with Crippen molar-refractivity contribution in [3.05, 3.63) is 122 Å². The lowest BCUT2D eigenvalue weighted by atomic mass is 10.0. The maximum atomic E-state index is 13.1. The Morgan fingerprint density at radius 1 is 0.274 bits per heavy atom. The summed E-state index contributed by atoms with van der Waals surface area (Å²) in [4.78, 5) is 73.1. The van der Waals surface area contributed by atoms with Crippen molar-refractivity contribution in [1.29, 1.82) is 0 Å². The fourth-order valence-electron chi connectivity index (χ4n) is 11.1. The summed E-state index contributed by atoms with van der Waals surface area (Å²) >= 11 is 0. The third-order valence-corrected chi connectivity index (χ3v) is 19.4. The molecule has 0 fully saturated rings. The predicted molar refractivity (Wildman–Crippen MR) is 436 cm³/mol. The van der Waals surface area contributed by atoms with Crippen LogP contribution in [0.15, 0.2) is 122 Å². The van der Waals surface area contributed by atoms with Crippen LogP contribution in [-0.2, 0) is 65.4 Å². The Hall–Kier alpha value is -4.54. The molecule has 3 N–H and O–H groups in total. The van der Waals surface area contributed by atoms with Crippen molar-refractivity contribution in [2.24, 2.45) is 0 Å². The van der Waals surface area contributed by atoms with Gasteiger partial charge < -0.3 is 33.8 Å². The van der Waals surface area contributed by atoms with Crippen LogP contribution in [0.5, 0.6) is 0 Å². The molecule has 106 heavy (non-hydrogen) atoms. The van der Waals surface area contributed by atoms with E-state index in [1.807, 2.05) is 18.2 Å². The minimum atomic E-state index is -5.01. The maximum absolute atomic E-state index is 13.1. The number of aliphatic hydroxyl groups is 1. The van der Waals surface area contributed by atoms with Gasteiger partial charge in [0.1, 0.15) is 19.3 Å². The van der Waals surface area contributed by atoms with Gasteiger partial charge in [-0.3, -0.25) is 37.3 Å².